The molecule has 2 aromatic rings. The van der Waals surface area contributed by atoms with E-state index in [1.54, 1.807) is 30.7 Å². The Morgan fingerprint density at radius 3 is 2.95 bits per heavy atom. The van der Waals surface area contributed by atoms with Gasteiger partial charge in [-0.1, -0.05) is 13.8 Å². The van der Waals surface area contributed by atoms with Crippen LogP contribution in [0.4, 0.5) is 0 Å². The summed E-state index contributed by atoms with van der Waals surface area (Å²) in [6.07, 6.45) is 3.22. The Hall–Kier alpha value is -2.34. The van der Waals surface area contributed by atoms with Crippen LogP contribution in [0.5, 0.6) is 5.88 Å². The van der Waals surface area contributed by atoms with Crippen LogP contribution in [0.25, 0.3) is 0 Å². The molecule has 2 N–H and O–H groups in total. The number of furan rings is 1. The van der Waals surface area contributed by atoms with Gasteiger partial charge in [-0.3, -0.25) is 15.7 Å². The molecule has 0 aliphatic carbocycles. The lowest BCUT2D eigenvalue weighted by Crippen LogP contribution is -2.22. The average molecular weight is 289 g/mol. The first-order valence-corrected chi connectivity index (χ1v) is 6.76. The van der Waals surface area contributed by atoms with Crippen molar-refractivity contribution in [2.75, 3.05) is 6.61 Å². The number of amidine groups is 1. The molecule has 0 unspecified atom stereocenters. The van der Waals surface area contributed by atoms with Crippen LogP contribution < -0.4 is 10.2 Å². The predicted octanol–water partition coefficient (Wildman–Crippen LogP) is 2.63. The van der Waals surface area contributed by atoms with E-state index in [4.69, 9.17) is 9.15 Å². The van der Waals surface area contributed by atoms with E-state index in [1.165, 1.54) is 0 Å². The van der Waals surface area contributed by atoms with Crippen LogP contribution >= 0.6 is 0 Å². The van der Waals surface area contributed by atoms with Crippen molar-refractivity contribution in [1.29, 1.82) is 0 Å². The van der Waals surface area contributed by atoms with Crippen LogP contribution in [0.2, 0.25) is 0 Å². The van der Waals surface area contributed by atoms with Crippen molar-refractivity contribution >= 4 is 5.84 Å². The minimum Gasteiger partial charge on any atom is -0.477 e. The first-order valence-electron chi connectivity index (χ1n) is 6.76. The first-order chi connectivity index (χ1) is 10.2. The summed E-state index contributed by atoms with van der Waals surface area (Å²) in [6, 6.07) is 7.15. The molecule has 0 bridgehead atoms. The Labute approximate surface area is 123 Å². The normalized spacial score (nSPS) is 11.7. The molecule has 0 fully saturated rings. The topological polar surface area (TPSA) is 79.9 Å². The smallest absolute Gasteiger partial charge is 0.224 e. The number of nitrogens with one attached hydrogen (secondary N) is 1. The van der Waals surface area contributed by atoms with Crippen molar-refractivity contribution in [2.45, 2.75) is 20.4 Å². The van der Waals surface area contributed by atoms with Gasteiger partial charge in [0.15, 0.2) is 5.84 Å². The standard InChI is InChI=1S/C15H19N3O3/c1-11(2)10-21-15-13(6-3-7-16-15)14(18-19)17-9-12-5-4-8-20-12/h3-8,11,19H,9-10H2,1-2H3,(H,17,18). The van der Waals surface area contributed by atoms with Gasteiger partial charge < -0.3 is 9.15 Å². The minimum absolute atomic E-state index is 0.290. The molecule has 2 rings (SSSR count). The summed E-state index contributed by atoms with van der Waals surface area (Å²) in [5.41, 5.74) is 2.70. The van der Waals surface area contributed by atoms with E-state index in [0.717, 1.165) is 0 Å². The van der Waals surface area contributed by atoms with Crippen molar-refractivity contribution in [3.63, 3.8) is 0 Å². The van der Waals surface area contributed by atoms with Crippen LogP contribution in [-0.2, 0) is 6.54 Å². The Balaban J connectivity index is 2.18. The highest BCUT2D eigenvalue weighted by molar-refractivity contribution is 5.99. The number of hydrogen-bond acceptors (Lipinski definition) is 5. The van der Waals surface area contributed by atoms with E-state index < -0.39 is 0 Å². The summed E-state index contributed by atoms with van der Waals surface area (Å²) in [5.74, 6) is 1.81. The van der Waals surface area contributed by atoms with E-state index in [1.807, 2.05) is 6.07 Å². The van der Waals surface area contributed by atoms with Gasteiger partial charge in [0.25, 0.3) is 0 Å². The fourth-order valence-corrected chi connectivity index (χ4v) is 1.67. The molecule has 21 heavy (non-hydrogen) atoms. The first kappa shape index (κ1) is 15.1. The van der Waals surface area contributed by atoms with E-state index in [9.17, 15) is 5.21 Å². The molecule has 0 atom stereocenters. The molecule has 6 heteroatoms. The summed E-state index contributed by atoms with van der Waals surface area (Å²) < 4.78 is 10.9. The second-order valence-electron chi connectivity index (χ2n) is 4.92. The van der Waals surface area contributed by atoms with Crippen LogP contribution in [0.3, 0.4) is 0 Å². The second kappa shape index (κ2) is 7.44. The highest BCUT2D eigenvalue weighted by atomic mass is 16.5. The van der Waals surface area contributed by atoms with Crippen molar-refractivity contribution in [2.24, 2.45) is 10.9 Å². The van der Waals surface area contributed by atoms with Crippen molar-refractivity contribution < 1.29 is 14.4 Å². The molecule has 0 aliphatic heterocycles. The SMILES string of the molecule is CC(C)COc1ncccc1C(=NCc1ccco1)NO. The lowest BCUT2D eigenvalue weighted by Gasteiger charge is -2.12. The van der Waals surface area contributed by atoms with E-state index >= 15 is 0 Å². The summed E-state index contributed by atoms with van der Waals surface area (Å²) in [4.78, 5) is 8.47. The summed E-state index contributed by atoms with van der Waals surface area (Å²) in [6.45, 7) is 4.97. The summed E-state index contributed by atoms with van der Waals surface area (Å²) in [5, 5.41) is 9.32. The van der Waals surface area contributed by atoms with Crippen LogP contribution in [0.15, 0.2) is 46.1 Å². The number of hydrogen-bond donors (Lipinski definition) is 2. The highest BCUT2D eigenvalue weighted by Crippen LogP contribution is 2.16. The summed E-state index contributed by atoms with van der Waals surface area (Å²) >= 11 is 0. The van der Waals surface area contributed by atoms with Gasteiger partial charge in [-0.2, -0.15) is 0 Å². The van der Waals surface area contributed by atoms with Crippen molar-refractivity contribution in [3.05, 3.63) is 48.0 Å². The molecule has 0 radical (unpaired) electrons. The second-order valence-corrected chi connectivity index (χ2v) is 4.92. The van der Waals surface area contributed by atoms with Gasteiger partial charge in [0.2, 0.25) is 5.88 Å². The van der Waals surface area contributed by atoms with E-state index in [2.05, 4.69) is 29.3 Å². The zero-order chi connectivity index (χ0) is 15.1. The van der Waals surface area contributed by atoms with Gasteiger partial charge in [-0.05, 0) is 30.2 Å². The molecule has 0 spiro atoms. The number of hydroxylamine groups is 1. The molecule has 0 aromatic carbocycles. The summed E-state index contributed by atoms with van der Waals surface area (Å²) in [7, 11) is 0. The molecule has 0 aliphatic rings. The molecule has 112 valence electrons. The third kappa shape index (κ3) is 4.32. The van der Waals surface area contributed by atoms with Gasteiger partial charge in [0.05, 0.1) is 25.0 Å². The maximum Gasteiger partial charge on any atom is 0.224 e. The zero-order valence-corrected chi connectivity index (χ0v) is 12.1. The Morgan fingerprint density at radius 1 is 1.43 bits per heavy atom. The molecule has 2 aromatic heterocycles. The number of ether oxygens (including phenoxy) is 1. The minimum atomic E-state index is 0.290. The fourth-order valence-electron chi connectivity index (χ4n) is 1.67. The fraction of sp³-hybridized carbons (Fsp3) is 0.333. The van der Waals surface area contributed by atoms with Crippen molar-refractivity contribution in [1.82, 2.24) is 10.5 Å². The van der Waals surface area contributed by atoms with E-state index in [-0.39, 0.29) is 0 Å². The van der Waals surface area contributed by atoms with Crippen LogP contribution in [0.1, 0.15) is 25.2 Å². The van der Waals surface area contributed by atoms with Crippen LogP contribution in [-0.4, -0.2) is 22.6 Å². The van der Waals surface area contributed by atoms with Gasteiger partial charge in [0.1, 0.15) is 5.76 Å². The highest BCUT2D eigenvalue weighted by Gasteiger charge is 2.12. The number of aliphatic imine (C=N–C) groups is 1. The third-order valence-corrected chi connectivity index (χ3v) is 2.66. The lowest BCUT2D eigenvalue weighted by molar-refractivity contribution is 0.232. The maximum atomic E-state index is 9.32. The lowest BCUT2D eigenvalue weighted by atomic mass is 10.2. The van der Waals surface area contributed by atoms with Gasteiger partial charge in [-0.15, -0.1) is 0 Å². The van der Waals surface area contributed by atoms with Crippen molar-refractivity contribution in [3.8, 4) is 5.88 Å². The Morgan fingerprint density at radius 2 is 2.29 bits per heavy atom. The quantitative estimate of drug-likeness (QED) is 0.485. The Bertz CT molecular complexity index is 580. The number of nitrogens with zero attached hydrogens (tertiary/aromatic N) is 2. The third-order valence-electron chi connectivity index (χ3n) is 2.66. The average Bonchev–Trinajstić information content (AvgIpc) is 3.00. The number of pyridine rings is 1. The predicted molar refractivity (Wildman–Crippen MR) is 78.4 cm³/mol. The number of rotatable bonds is 6. The molecule has 0 saturated carbocycles. The van der Waals surface area contributed by atoms with Gasteiger partial charge >= 0.3 is 0 Å². The van der Waals surface area contributed by atoms with Gasteiger partial charge in [0, 0.05) is 6.20 Å². The number of aromatic nitrogens is 1. The van der Waals surface area contributed by atoms with E-state index in [0.29, 0.717) is 42.1 Å². The molecular formula is C15H19N3O3. The van der Waals surface area contributed by atoms with Gasteiger partial charge in [-0.25, -0.2) is 4.98 Å². The largest absolute Gasteiger partial charge is 0.477 e. The molecule has 2 heterocycles. The molecular weight excluding hydrogens is 270 g/mol. The maximum absolute atomic E-state index is 9.32. The molecule has 0 amide bonds. The Kier molecular flexibility index (Phi) is 5.34. The van der Waals surface area contributed by atoms with Crippen LogP contribution in [0, 0.1) is 5.92 Å². The molecule has 0 saturated heterocycles. The zero-order valence-electron chi connectivity index (χ0n) is 12.1. The molecule has 6 nitrogen and oxygen atoms in total. The monoisotopic (exact) mass is 289 g/mol.